The van der Waals surface area contributed by atoms with E-state index in [4.69, 9.17) is 16.3 Å². The number of esters is 1. The fourth-order valence-corrected chi connectivity index (χ4v) is 3.18. The number of likely N-dealkylation sites (tertiary alicyclic amines) is 1. The van der Waals surface area contributed by atoms with Crippen molar-refractivity contribution in [1.82, 2.24) is 14.7 Å². The van der Waals surface area contributed by atoms with Crippen LogP contribution in [0, 0.1) is 12.7 Å². The van der Waals surface area contributed by atoms with Gasteiger partial charge in [-0.25, -0.2) is 13.9 Å². The fraction of sp³-hybridized carbons (Fsp3) is 0.316. The number of carbonyl (C=O) groups excluding carboxylic acids is 2. The molecular weight excluding hydrogens is 373 g/mol. The van der Waals surface area contributed by atoms with E-state index in [1.165, 1.54) is 29.0 Å². The molecule has 1 saturated heterocycles. The molecule has 0 unspecified atom stereocenters. The normalized spacial score (nSPS) is 14.1. The first-order valence-corrected chi connectivity index (χ1v) is 8.97. The highest BCUT2D eigenvalue weighted by Crippen LogP contribution is 2.24. The summed E-state index contributed by atoms with van der Waals surface area (Å²) in [6, 6.07) is 5.73. The van der Waals surface area contributed by atoms with Crippen LogP contribution in [0.3, 0.4) is 0 Å². The number of amides is 1. The maximum absolute atomic E-state index is 13.1. The highest BCUT2D eigenvalue weighted by molar-refractivity contribution is 6.31. The molecule has 1 aliphatic rings. The number of rotatable bonds is 5. The number of ether oxygens (including phenoxy) is 1. The van der Waals surface area contributed by atoms with E-state index in [1.54, 1.807) is 24.0 Å². The van der Waals surface area contributed by atoms with Crippen molar-refractivity contribution in [3.63, 3.8) is 0 Å². The zero-order valence-corrected chi connectivity index (χ0v) is 15.6. The maximum atomic E-state index is 13.1. The van der Waals surface area contributed by atoms with Crippen LogP contribution in [0.15, 0.2) is 30.3 Å². The van der Waals surface area contributed by atoms with Crippen molar-refractivity contribution < 1.29 is 18.7 Å². The van der Waals surface area contributed by atoms with Crippen molar-refractivity contribution in [2.24, 2.45) is 0 Å². The lowest BCUT2D eigenvalue weighted by atomic mass is 10.2. The molecule has 6 nitrogen and oxygen atoms in total. The molecule has 142 valence electrons. The molecule has 3 rings (SSSR count). The van der Waals surface area contributed by atoms with Gasteiger partial charge in [0, 0.05) is 24.7 Å². The molecule has 1 aromatic heterocycles. The molecule has 0 radical (unpaired) electrons. The second kappa shape index (κ2) is 8.35. The number of hydrogen-bond donors (Lipinski definition) is 0. The van der Waals surface area contributed by atoms with Crippen LogP contribution in [0.2, 0.25) is 5.15 Å². The van der Waals surface area contributed by atoms with Crippen LogP contribution in [0.25, 0.3) is 11.8 Å². The molecule has 2 heterocycles. The Balaban J connectivity index is 1.65. The largest absolute Gasteiger partial charge is 0.452 e. The number of halogens is 2. The predicted octanol–water partition coefficient (Wildman–Crippen LogP) is 3.15. The number of hydrogen-bond acceptors (Lipinski definition) is 4. The van der Waals surface area contributed by atoms with Crippen LogP contribution in [0.4, 0.5) is 4.39 Å². The Morgan fingerprint density at radius 2 is 1.93 bits per heavy atom. The number of aryl methyl sites for hydroxylation is 1. The van der Waals surface area contributed by atoms with Gasteiger partial charge in [0.1, 0.15) is 11.0 Å². The average molecular weight is 392 g/mol. The number of aromatic nitrogens is 2. The van der Waals surface area contributed by atoms with E-state index in [9.17, 15) is 14.0 Å². The molecule has 27 heavy (non-hydrogen) atoms. The maximum Gasteiger partial charge on any atom is 0.331 e. The highest BCUT2D eigenvalue weighted by atomic mass is 35.5. The monoisotopic (exact) mass is 391 g/mol. The smallest absolute Gasteiger partial charge is 0.331 e. The van der Waals surface area contributed by atoms with Gasteiger partial charge in [0.25, 0.3) is 5.91 Å². The Morgan fingerprint density at radius 3 is 2.59 bits per heavy atom. The van der Waals surface area contributed by atoms with Crippen LogP contribution in [-0.4, -0.2) is 46.3 Å². The fourth-order valence-electron chi connectivity index (χ4n) is 2.84. The summed E-state index contributed by atoms with van der Waals surface area (Å²) in [6.45, 7) is 2.89. The molecular formula is C19H19ClFN3O3. The topological polar surface area (TPSA) is 64.4 Å². The molecule has 2 aromatic rings. The zero-order valence-electron chi connectivity index (χ0n) is 14.8. The van der Waals surface area contributed by atoms with E-state index in [1.807, 2.05) is 0 Å². The minimum absolute atomic E-state index is 0.187. The number of carbonyl (C=O) groups is 2. The highest BCUT2D eigenvalue weighted by Gasteiger charge is 2.19. The van der Waals surface area contributed by atoms with Crippen LogP contribution in [0.5, 0.6) is 0 Å². The summed E-state index contributed by atoms with van der Waals surface area (Å²) in [7, 11) is 0. The van der Waals surface area contributed by atoms with Crippen molar-refractivity contribution in [2.45, 2.75) is 19.8 Å². The Morgan fingerprint density at radius 1 is 1.26 bits per heavy atom. The molecule has 0 N–H and O–H groups in total. The first-order valence-electron chi connectivity index (χ1n) is 8.59. The van der Waals surface area contributed by atoms with Crippen molar-refractivity contribution in [2.75, 3.05) is 19.7 Å². The van der Waals surface area contributed by atoms with Crippen molar-refractivity contribution in [1.29, 1.82) is 0 Å². The van der Waals surface area contributed by atoms with Gasteiger partial charge in [-0.2, -0.15) is 5.10 Å². The Kier molecular flexibility index (Phi) is 5.91. The van der Waals surface area contributed by atoms with E-state index < -0.39 is 5.97 Å². The lowest BCUT2D eigenvalue weighted by Crippen LogP contribution is -2.31. The Hall–Kier alpha value is -2.67. The minimum atomic E-state index is -0.632. The van der Waals surface area contributed by atoms with Gasteiger partial charge < -0.3 is 9.64 Å². The van der Waals surface area contributed by atoms with Crippen LogP contribution >= 0.6 is 11.6 Å². The van der Waals surface area contributed by atoms with Crippen LogP contribution in [0.1, 0.15) is 24.1 Å². The minimum Gasteiger partial charge on any atom is -0.452 e. The molecule has 1 aromatic carbocycles. The summed E-state index contributed by atoms with van der Waals surface area (Å²) in [5.74, 6) is -1.18. The quantitative estimate of drug-likeness (QED) is 0.580. The Bertz CT molecular complexity index is 871. The summed E-state index contributed by atoms with van der Waals surface area (Å²) >= 11 is 6.34. The average Bonchev–Trinajstić information content (AvgIpc) is 3.28. The third kappa shape index (κ3) is 4.54. The Labute approximate surface area is 161 Å². The molecule has 0 saturated carbocycles. The van der Waals surface area contributed by atoms with Gasteiger partial charge in [0.2, 0.25) is 0 Å². The second-order valence-corrected chi connectivity index (χ2v) is 6.57. The van der Waals surface area contributed by atoms with E-state index in [0.29, 0.717) is 30.0 Å². The summed E-state index contributed by atoms with van der Waals surface area (Å²) in [5, 5.41) is 4.60. The number of benzene rings is 1. The third-order valence-corrected chi connectivity index (χ3v) is 4.67. The summed E-state index contributed by atoms with van der Waals surface area (Å²) < 4.78 is 19.5. The van der Waals surface area contributed by atoms with E-state index in [-0.39, 0.29) is 23.5 Å². The lowest BCUT2D eigenvalue weighted by Gasteiger charge is -2.14. The van der Waals surface area contributed by atoms with E-state index in [0.717, 1.165) is 12.8 Å². The molecule has 0 spiro atoms. The number of nitrogens with zero attached hydrogens (tertiary/aromatic N) is 3. The summed E-state index contributed by atoms with van der Waals surface area (Å²) in [5.41, 5.74) is 1.74. The van der Waals surface area contributed by atoms with Crippen molar-refractivity contribution in [3.05, 3.63) is 52.6 Å². The van der Waals surface area contributed by atoms with Crippen molar-refractivity contribution in [3.8, 4) is 5.69 Å². The van der Waals surface area contributed by atoms with Gasteiger partial charge in [0.05, 0.1) is 11.4 Å². The second-order valence-electron chi connectivity index (χ2n) is 6.21. The molecule has 1 amide bonds. The summed E-state index contributed by atoms with van der Waals surface area (Å²) in [6.07, 6.45) is 4.67. The first kappa shape index (κ1) is 19.1. The van der Waals surface area contributed by atoms with Gasteiger partial charge in [-0.15, -0.1) is 0 Å². The van der Waals surface area contributed by atoms with Gasteiger partial charge in [-0.05, 0) is 50.1 Å². The molecule has 1 aliphatic heterocycles. The van der Waals surface area contributed by atoms with Crippen LogP contribution < -0.4 is 0 Å². The molecule has 0 bridgehead atoms. The van der Waals surface area contributed by atoms with Gasteiger partial charge in [-0.3, -0.25) is 4.79 Å². The lowest BCUT2D eigenvalue weighted by molar-refractivity contribution is -0.147. The standard InChI is InChI=1S/C19H19ClFN3O3/c1-13-16(19(20)24(22-13)15-6-4-14(21)5-7-15)8-9-18(26)27-12-17(25)23-10-2-3-11-23/h4-9H,2-3,10-12H2,1H3/b9-8+. The van der Waals surface area contributed by atoms with Gasteiger partial charge >= 0.3 is 5.97 Å². The first-order chi connectivity index (χ1) is 13.0. The van der Waals surface area contributed by atoms with Crippen molar-refractivity contribution >= 4 is 29.6 Å². The van der Waals surface area contributed by atoms with E-state index >= 15 is 0 Å². The summed E-state index contributed by atoms with van der Waals surface area (Å²) in [4.78, 5) is 25.4. The van der Waals surface area contributed by atoms with Crippen LogP contribution in [-0.2, 0) is 14.3 Å². The third-order valence-electron chi connectivity index (χ3n) is 4.30. The SMILES string of the molecule is Cc1nn(-c2ccc(F)cc2)c(Cl)c1/C=C/C(=O)OCC(=O)N1CCCC1. The van der Waals surface area contributed by atoms with E-state index in [2.05, 4.69) is 5.10 Å². The van der Waals surface area contributed by atoms with Gasteiger partial charge in [-0.1, -0.05) is 11.6 Å². The molecule has 0 aliphatic carbocycles. The molecule has 1 fully saturated rings. The molecule has 0 atom stereocenters. The predicted molar refractivity (Wildman–Crippen MR) is 99.1 cm³/mol. The zero-order chi connectivity index (χ0) is 19.4. The molecule has 8 heteroatoms. The van der Waals surface area contributed by atoms with Gasteiger partial charge in [0.15, 0.2) is 6.61 Å².